The molecule has 0 aliphatic carbocycles. The third-order valence-electron chi connectivity index (χ3n) is 2.89. The summed E-state index contributed by atoms with van der Waals surface area (Å²) >= 11 is 0. The topological polar surface area (TPSA) is 54.6 Å². The fraction of sp³-hybridized carbons (Fsp3) is 0. The van der Waals surface area contributed by atoms with Crippen molar-refractivity contribution < 1.29 is 13.6 Å². The minimum atomic E-state index is -0.484. The lowest BCUT2D eigenvalue weighted by Gasteiger charge is -1.98. The summed E-state index contributed by atoms with van der Waals surface area (Å²) < 4.78 is 18.5. The molecule has 2 aromatic carbocycles. The zero-order chi connectivity index (χ0) is 14.7. The first-order valence-corrected chi connectivity index (χ1v) is 6.30. The summed E-state index contributed by atoms with van der Waals surface area (Å²) in [5.74, 6) is -0.429. The number of hydrogen-bond donors (Lipinski definition) is 1. The number of benzene rings is 2. The van der Waals surface area contributed by atoms with Crippen molar-refractivity contribution in [2.24, 2.45) is 5.10 Å². The highest BCUT2D eigenvalue weighted by molar-refractivity contribution is 5.95. The van der Waals surface area contributed by atoms with Crippen molar-refractivity contribution in [1.82, 2.24) is 5.43 Å². The molecule has 0 saturated heterocycles. The molecule has 0 aliphatic heterocycles. The largest absolute Gasteiger partial charge is 0.455 e. The number of fused-ring (bicyclic) bond motifs is 1. The zero-order valence-corrected chi connectivity index (χ0v) is 10.9. The number of hydrogen-bond acceptors (Lipinski definition) is 3. The molecule has 104 valence electrons. The van der Waals surface area contributed by atoms with E-state index < -0.39 is 11.7 Å². The van der Waals surface area contributed by atoms with E-state index in [0.717, 1.165) is 17.0 Å². The van der Waals surface area contributed by atoms with Crippen LogP contribution in [0.15, 0.2) is 64.1 Å². The van der Waals surface area contributed by atoms with Crippen molar-refractivity contribution >= 4 is 23.1 Å². The molecule has 21 heavy (non-hydrogen) atoms. The van der Waals surface area contributed by atoms with E-state index >= 15 is 0 Å². The van der Waals surface area contributed by atoms with Crippen LogP contribution in [0.2, 0.25) is 0 Å². The SMILES string of the molecule is O=C(NN=Cc1cc2ccccc2o1)c1cccc(F)c1. The van der Waals surface area contributed by atoms with Crippen molar-refractivity contribution in [3.05, 3.63) is 71.7 Å². The monoisotopic (exact) mass is 282 g/mol. The average molecular weight is 282 g/mol. The molecule has 0 radical (unpaired) electrons. The number of para-hydroxylation sites is 1. The first kappa shape index (κ1) is 13.1. The van der Waals surface area contributed by atoms with Gasteiger partial charge in [0.25, 0.3) is 5.91 Å². The summed E-state index contributed by atoms with van der Waals surface area (Å²) in [5, 5.41) is 4.76. The van der Waals surface area contributed by atoms with Gasteiger partial charge < -0.3 is 4.42 Å². The minimum Gasteiger partial charge on any atom is -0.455 e. The van der Waals surface area contributed by atoms with Crippen molar-refractivity contribution in [3.8, 4) is 0 Å². The molecule has 0 spiro atoms. The summed E-state index contributed by atoms with van der Waals surface area (Å²) in [5.41, 5.74) is 3.27. The van der Waals surface area contributed by atoms with Gasteiger partial charge in [-0.2, -0.15) is 5.10 Å². The van der Waals surface area contributed by atoms with Gasteiger partial charge in [-0.3, -0.25) is 4.79 Å². The van der Waals surface area contributed by atoms with Crippen molar-refractivity contribution in [1.29, 1.82) is 0 Å². The standard InChI is InChI=1S/C16H11FN2O2/c17-13-6-3-5-12(8-13)16(20)19-18-10-14-9-11-4-1-2-7-15(11)21-14/h1-10H,(H,19,20). The Labute approximate surface area is 119 Å². The number of nitrogens with one attached hydrogen (secondary N) is 1. The molecule has 1 heterocycles. The van der Waals surface area contributed by atoms with E-state index in [0.29, 0.717) is 5.76 Å². The Kier molecular flexibility index (Phi) is 3.47. The summed E-state index contributed by atoms with van der Waals surface area (Å²) in [6.45, 7) is 0. The molecule has 0 unspecified atom stereocenters. The summed E-state index contributed by atoms with van der Waals surface area (Å²) in [4.78, 5) is 11.7. The number of rotatable bonds is 3. The van der Waals surface area contributed by atoms with Gasteiger partial charge in [0, 0.05) is 10.9 Å². The van der Waals surface area contributed by atoms with Crippen LogP contribution in [0.5, 0.6) is 0 Å². The van der Waals surface area contributed by atoms with E-state index in [1.807, 2.05) is 30.3 Å². The van der Waals surface area contributed by atoms with Crippen molar-refractivity contribution in [2.45, 2.75) is 0 Å². The number of furan rings is 1. The fourth-order valence-corrected chi connectivity index (χ4v) is 1.91. The van der Waals surface area contributed by atoms with E-state index in [4.69, 9.17) is 4.42 Å². The van der Waals surface area contributed by atoms with Gasteiger partial charge in [0.15, 0.2) is 0 Å². The number of nitrogens with zero attached hydrogens (tertiary/aromatic N) is 1. The Morgan fingerprint density at radius 2 is 2.00 bits per heavy atom. The summed E-state index contributed by atoms with van der Waals surface area (Å²) in [7, 11) is 0. The molecule has 4 nitrogen and oxygen atoms in total. The Bertz CT molecular complexity index is 791. The smallest absolute Gasteiger partial charge is 0.271 e. The highest BCUT2D eigenvalue weighted by Crippen LogP contribution is 2.17. The van der Waals surface area contributed by atoms with Crippen molar-refractivity contribution in [3.63, 3.8) is 0 Å². The normalized spacial score (nSPS) is 11.1. The average Bonchev–Trinajstić information content (AvgIpc) is 2.89. The van der Waals surface area contributed by atoms with Crippen LogP contribution in [0.3, 0.4) is 0 Å². The second-order valence-electron chi connectivity index (χ2n) is 4.40. The maximum Gasteiger partial charge on any atom is 0.271 e. The molecule has 1 aromatic heterocycles. The van der Waals surface area contributed by atoms with Gasteiger partial charge in [-0.25, -0.2) is 9.82 Å². The fourth-order valence-electron chi connectivity index (χ4n) is 1.91. The molecule has 1 amide bonds. The third-order valence-corrected chi connectivity index (χ3v) is 2.89. The number of carbonyl (C=O) groups excluding carboxylic acids is 1. The molecular weight excluding hydrogens is 271 g/mol. The molecule has 3 rings (SSSR count). The highest BCUT2D eigenvalue weighted by atomic mass is 19.1. The maximum absolute atomic E-state index is 13.0. The van der Waals surface area contributed by atoms with E-state index in [2.05, 4.69) is 10.5 Å². The molecule has 0 bridgehead atoms. The highest BCUT2D eigenvalue weighted by Gasteiger charge is 2.05. The first-order chi connectivity index (χ1) is 10.2. The molecule has 0 aliphatic rings. The zero-order valence-electron chi connectivity index (χ0n) is 10.9. The van der Waals surface area contributed by atoms with Gasteiger partial charge in [0.05, 0.1) is 6.21 Å². The number of halogens is 1. The lowest BCUT2D eigenvalue weighted by atomic mass is 10.2. The van der Waals surface area contributed by atoms with Crippen LogP contribution in [0, 0.1) is 5.82 Å². The van der Waals surface area contributed by atoms with E-state index in [-0.39, 0.29) is 5.56 Å². The minimum absolute atomic E-state index is 0.205. The van der Waals surface area contributed by atoms with E-state index in [9.17, 15) is 9.18 Å². The van der Waals surface area contributed by atoms with Gasteiger partial charge in [0.2, 0.25) is 0 Å². The van der Waals surface area contributed by atoms with Gasteiger partial charge in [0.1, 0.15) is 17.2 Å². The second-order valence-corrected chi connectivity index (χ2v) is 4.40. The first-order valence-electron chi connectivity index (χ1n) is 6.30. The van der Waals surface area contributed by atoms with Crippen LogP contribution in [0.4, 0.5) is 4.39 Å². The van der Waals surface area contributed by atoms with Crippen LogP contribution in [-0.2, 0) is 0 Å². The lowest BCUT2D eigenvalue weighted by molar-refractivity contribution is 0.0954. The van der Waals surface area contributed by atoms with Gasteiger partial charge in [-0.1, -0.05) is 24.3 Å². The Balaban J connectivity index is 1.70. The lowest BCUT2D eigenvalue weighted by Crippen LogP contribution is -2.17. The number of amides is 1. The van der Waals surface area contributed by atoms with Crippen LogP contribution in [-0.4, -0.2) is 12.1 Å². The number of carbonyl (C=O) groups is 1. The second kappa shape index (κ2) is 5.58. The molecule has 3 aromatic rings. The van der Waals surface area contributed by atoms with Crippen LogP contribution in [0.1, 0.15) is 16.1 Å². The molecule has 0 saturated carbocycles. The quantitative estimate of drug-likeness (QED) is 0.591. The van der Waals surface area contributed by atoms with E-state index in [1.165, 1.54) is 24.4 Å². The number of hydrazone groups is 1. The Morgan fingerprint density at radius 3 is 2.81 bits per heavy atom. The van der Waals surface area contributed by atoms with E-state index in [1.54, 1.807) is 0 Å². The molecule has 0 fully saturated rings. The van der Waals surface area contributed by atoms with Gasteiger partial charge >= 0.3 is 0 Å². The Morgan fingerprint density at radius 1 is 1.14 bits per heavy atom. The molecule has 1 N–H and O–H groups in total. The van der Waals surface area contributed by atoms with Crippen LogP contribution >= 0.6 is 0 Å². The maximum atomic E-state index is 13.0. The van der Waals surface area contributed by atoms with Crippen LogP contribution in [0.25, 0.3) is 11.0 Å². The third kappa shape index (κ3) is 2.97. The van der Waals surface area contributed by atoms with Crippen molar-refractivity contribution in [2.75, 3.05) is 0 Å². The van der Waals surface area contributed by atoms with Gasteiger partial charge in [-0.05, 0) is 30.3 Å². The Hall–Kier alpha value is -2.95. The van der Waals surface area contributed by atoms with Gasteiger partial charge in [-0.15, -0.1) is 0 Å². The summed E-state index contributed by atoms with van der Waals surface area (Å²) in [6.07, 6.45) is 1.40. The molecule has 0 atom stereocenters. The summed E-state index contributed by atoms with van der Waals surface area (Å²) in [6, 6.07) is 14.7. The molecule has 5 heteroatoms. The predicted octanol–water partition coefficient (Wildman–Crippen LogP) is 3.34. The molecular formula is C16H11FN2O2. The van der Waals surface area contributed by atoms with Crippen LogP contribution < -0.4 is 5.43 Å². The predicted molar refractivity (Wildman–Crippen MR) is 77.7 cm³/mol.